The summed E-state index contributed by atoms with van der Waals surface area (Å²) in [6.07, 6.45) is 0.890. The van der Waals surface area contributed by atoms with Gasteiger partial charge in [0.1, 0.15) is 5.75 Å². The van der Waals surface area contributed by atoms with Crippen LogP contribution in [0.3, 0.4) is 0 Å². The first-order chi connectivity index (χ1) is 9.45. The predicted molar refractivity (Wildman–Crippen MR) is 85.2 cm³/mol. The third-order valence-corrected chi connectivity index (χ3v) is 3.36. The number of nitrogen functional groups attached to an aromatic ring is 1. The van der Waals surface area contributed by atoms with Crippen LogP contribution in [0.1, 0.15) is 31.9 Å². The van der Waals surface area contributed by atoms with Gasteiger partial charge in [-0.3, -0.25) is 0 Å². The Kier molecular flexibility index (Phi) is 4.33. The summed E-state index contributed by atoms with van der Waals surface area (Å²) < 4.78 is 5.78. The Hall–Kier alpha value is -1.96. The largest absolute Gasteiger partial charge is 0.493 e. The van der Waals surface area contributed by atoms with E-state index in [4.69, 9.17) is 10.5 Å². The Morgan fingerprint density at radius 3 is 2.05 bits per heavy atom. The molecule has 2 heteroatoms. The number of benzene rings is 2. The van der Waals surface area contributed by atoms with Gasteiger partial charge in [0.2, 0.25) is 0 Å². The first-order valence-corrected chi connectivity index (χ1v) is 7.03. The van der Waals surface area contributed by atoms with Crippen molar-refractivity contribution in [1.82, 2.24) is 0 Å². The fourth-order valence-electron chi connectivity index (χ4n) is 2.02. The van der Waals surface area contributed by atoms with E-state index in [2.05, 4.69) is 32.9 Å². The molecule has 0 bridgehead atoms. The van der Waals surface area contributed by atoms with E-state index >= 15 is 0 Å². The molecule has 0 saturated heterocycles. The molecule has 0 aromatic heterocycles. The van der Waals surface area contributed by atoms with E-state index in [1.165, 1.54) is 11.1 Å². The summed E-state index contributed by atoms with van der Waals surface area (Å²) in [5.74, 6) is 0.924. The fraction of sp³-hybridized carbons (Fsp3) is 0.333. The van der Waals surface area contributed by atoms with E-state index in [1.807, 2.05) is 36.4 Å². The van der Waals surface area contributed by atoms with Crippen LogP contribution in [0.15, 0.2) is 48.5 Å². The molecule has 0 unspecified atom stereocenters. The first kappa shape index (κ1) is 14.4. The minimum absolute atomic E-state index is 0.183. The molecule has 2 nitrogen and oxygen atoms in total. The maximum absolute atomic E-state index is 5.78. The Morgan fingerprint density at radius 1 is 0.900 bits per heavy atom. The van der Waals surface area contributed by atoms with Gasteiger partial charge in [0, 0.05) is 12.1 Å². The Morgan fingerprint density at radius 2 is 1.50 bits per heavy atom. The van der Waals surface area contributed by atoms with Gasteiger partial charge in [-0.05, 0) is 40.8 Å². The van der Waals surface area contributed by atoms with Gasteiger partial charge in [-0.1, -0.05) is 45.0 Å². The molecule has 0 heterocycles. The average Bonchev–Trinajstić information content (AvgIpc) is 2.41. The van der Waals surface area contributed by atoms with Crippen LogP contribution in [-0.4, -0.2) is 6.61 Å². The summed E-state index contributed by atoms with van der Waals surface area (Å²) in [4.78, 5) is 0. The highest BCUT2D eigenvalue weighted by atomic mass is 16.5. The monoisotopic (exact) mass is 269 g/mol. The third-order valence-electron chi connectivity index (χ3n) is 3.36. The van der Waals surface area contributed by atoms with E-state index in [1.54, 1.807) is 0 Å². The number of anilines is 1. The Labute approximate surface area is 121 Å². The summed E-state index contributed by atoms with van der Waals surface area (Å²) in [5.41, 5.74) is 9.21. The van der Waals surface area contributed by atoms with Gasteiger partial charge < -0.3 is 10.5 Å². The van der Waals surface area contributed by atoms with Crippen LogP contribution in [0.25, 0.3) is 0 Å². The van der Waals surface area contributed by atoms with Crippen molar-refractivity contribution in [3.05, 3.63) is 59.7 Å². The Balaban J connectivity index is 1.87. The van der Waals surface area contributed by atoms with Crippen LogP contribution in [0.5, 0.6) is 5.75 Å². The predicted octanol–water partition coefficient (Wildman–Crippen LogP) is 4.19. The maximum atomic E-state index is 5.78. The molecule has 0 atom stereocenters. The van der Waals surface area contributed by atoms with Crippen LogP contribution in [0, 0.1) is 0 Å². The molecule has 20 heavy (non-hydrogen) atoms. The van der Waals surface area contributed by atoms with Gasteiger partial charge in [-0.2, -0.15) is 0 Å². The summed E-state index contributed by atoms with van der Waals surface area (Å²) >= 11 is 0. The second kappa shape index (κ2) is 6.00. The second-order valence-electron chi connectivity index (χ2n) is 6.11. The van der Waals surface area contributed by atoms with Crippen molar-refractivity contribution in [3.8, 4) is 5.75 Å². The minimum atomic E-state index is 0.183. The van der Waals surface area contributed by atoms with Gasteiger partial charge in [0.05, 0.1) is 6.61 Å². The lowest BCUT2D eigenvalue weighted by atomic mass is 9.87. The van der Waals surface area contributed by atoms with Crippen LogP contribution >= 0.6 is 0 Å². The van der Waals surface area contributed by atoms with Crippen molar-refractivity contribution in [2.45, 2.75) is 32.6 Å². The van der Waals surface area contributed by atoms with Crippen LogP contribution in [0.4, 0.5) is 5.69 Å². The van der Waals surface area contributed by atoms with Gasteiger partial charge in [-0.25, -0.2) is 0 Å². The molecule has 0 fully saturated rings. The fourth-order valence-corrected chi connectivity index (χ4v) is 2.02. The molecular weight excluding hydrogens is 246 g/mol. The number of hydrogen-bond acceptors (Lipinski definition) is 2. The van der Waals surface area contributed by atoms with Crippen LogP contribution in [-0.2, 0) is 11.8 Å². The summed E-state index contributed by atoms with van der Waals surface area (Å²) in [5, 5.41) is 0. The van der Waals surface area contributed by atoms with E-state index in [0.29, 0.717) is 6.61 Å². The highest BCUT2D eigenvalue weighted by molar-refractivity contribution is 5.39. The Bertz CT molecular complexity index is 535. The number of ether oxygens (including phenoxy) is 1. The zero-order valence-electron chi connectivity index (χ0n) is 12.5. The normalized spacial score (nSPS) is 11.3. The SMILES string of the molecule is CC(C)(C)c1ccc(OCCc2ccc(N)cc2)cc1. The first-order valence-electron chi connectivity index (χ1n) is 7.03. The molecule has 106 valence electrons. The van der Waals surface area contributed by atoms with Crippen LogP contribution in [0.2, 0.25) is 0 Å². The standard InChI is InChI=1S/C18H23NO/c1-18(2,3)15-6-10-17(11-7-15)20-13-12-14-4-8-16(19)9-5-14/h4-11H,12-13,19H2,1-3H3. The van der Waals surface area contributed by atoms with Gasteiger partial charge in [-0.15, -0.1) is 0 Å². The van der Waals surface area contributed by atoms with Crippen molar-refractivity contribution in [2.75, 3.05) is 12.3 Å². The van der Waals surface area contributed by atoms with Crippen LogP contribution < -0.4 is 10.5 Å². The van der Waals surface area contributed by atoms with E-state index < -0.39 is 0 Å². The lowest BCUT2D eigenvalue weighted by molar-refractivity contribution is 0.321. The third kappa shape index (κ3) is 4.02. The zero-order chi connectivity index (χ0) is 14.6. The van der Waals surface area contributed by atoms with Crippen molar-refractivity contribution >= 4 is 5.69 Å². The minimum Gasteiger partial charge on any atom is -0.493 e. The van der Waals surface area contributed by atoms with E-state index in [0.717, 1.165) is 17.9 Å². The second-order valence-corrected chi connectivity index (χ2v) is 6.11. The molecule has 2 aromatic carbocycles. The number of hydrogen-bond donors (Lipinski definition) is 1. The maximum Gasteiger partial charge on any atom is 0.119 e. The number of rotatable bonds is 4. The topological polar surface area (TPSA) is 35.2 Å². The molecule has 0 aliphatic carbocycles. The highest BCUT2D eigenvalue weighted by Gasteiger charge is 2.12. The zero-order valence-corrected chi connectivity index (χ0v) is 12.5. The molecule has 0 aliphatic rings. The summed E-state index contributed by atoms with van der Waals surface area (Å²) in [7, 11) is 0. The van der Waals surface area contributed by atoms with E-state index in [9.17, 15) is 0 Å². The number of nitrogens with two attached hydrogens (primary N) is 1. The molecule has 2 N–H and O–H groups in total. The van der Waals surface area contributed by atoms with Crippen molar-refractivity contribution in [3.63, 3.8) is 0 Å². The molecule has 0 amide bonds. The van der Waals surface area contributed by atoms with E-state index in [-0.39, 0.29) is 5.41 Å². The van der Waals surface area contributed by atoms with Crippen molar-refractivity contribution in [2.24, 2.45) is 0 Å². The molecule has 0 radical (unpaired) electrons. The molecule has 2 aromatic rings. The van der Waals surface area contributed by atoms with Gasteiger partial charge in [0.25, 0.3) is 0 Å². The lowest BCUT2D eigenvalue weighted by Crippen LogP contribution is -2.10. The van der Waals surface area contributed by atoms with Crippen molar-refractivity contribution < 1.29 is 4.74 Å². The molecular formula is C18H23NO. The molecule has 0 spiro atoms. The average molecular weight is 269 g/mol. The van der Waals surface area contributed by atoms with Gasteiger partial charge >= 0.3 is 0 Å². The summed E-state index contributed by atoms with van der Waals surface area (Å²) in [6.45, 7) is 7.32. The smallest absolute Gasteiger partial charge is 0.119 e. The molecule has 0 aliphatic heterocycles. The summed E-state index contributed by atoms with van der Waals surface area (Å²) in [6, 6.07) is 16.3. The van der Waals surface area contributed by atoms with Crippen molar-refractivity contribution in [1.29, 1.82) is 0 Å². The highest BCUT2D eigenvalue weighted by Crippen LogP contribution is 2.24. The molecule has 0 saturated carbocycles. The van der Waals surface area contributed by atoms with Gasteiger partial charge in [0.15, 0.2) is 0 Å². The molecule has 2 rings (SSSR count). The quantitative estimate of drug-likeness (QED) is 0.845. The lowest BCUT2D eigenvalue weighted by Gasteiger charge is -2.19.